The fourth-order valence-electron chi connectivity index (χ4n) is 1.01. The highest BCUT2D eigenvalue weighted by molar-refractivity contribution is 6.20. The molecule has 0 spiro atoms. The van der Waals surface area contributed by atoms with Gasteiger partial charge in [0.1, 0.15) is 0 Å². The first-order chi connectivity index (χ1) is 4.33. The van der Waals surface area contributed by atoms with Gasteiger partial charge in [-0.15, -0.1) is 23.2 Å². The van der Waals surface area contributed by atoms with Crippen LogP contribution in [0, 0.1) is 5.92 Å². The molecule has 0 radical (unpaired) electrons. The third-order valence-corrected chi connectivity index (χ3v) is 2.48. The molecule has 1 N–H and O–H groups in total. The molecule has 0 aromatic carbocycles. The summed E-state index contributed by atoms with van der Waals surface area (Å²) in [5, 5.41) is 3.16. The van der Waals surface area contributed by atoms with Crippen molar-refractivity contribution in [3.63, 3.8) is 0 Å². The van der Waals surface area contributed by atoms with Crippen molar-refractivity contribution in [1.82, 2.24) is 5.32 Å². The van der Waals surface area contributed by atoms with Crippen molar-refractivity contribution in [2.75, 3.05) is 12.4 Å². The van der Waals surface area contributed by atoms with Gasteiger partial charge in [0.2, 0.25) is 0 Å². The molecular weight excluding hydrogens is 157 g/mol. The van der Waals surface area contributed by atoms with Crippen LogP contribution in [-0.4, -0.2) is 17.9 Å². The smallest absolute Gasteiger partial charge is 0.0825 e. The summed E-state index contributed by atoms with van der Waals surface area (Å²) in [6.07, 6.45) is 2.23. The van der Waals surface area contributed by atoms with Crippen molar-refractivity contribution in [2.24, 2.45) is 5.92 Å². The van der Waals surface area contributed by atoms with Crippen LogP contribution in [0.15, 0.2) is 0 Å². The Morgan fingerprint density at radius 3 is 2.67 bits per heavy atom. The Kier molecular flexibility index (Phi) is 3.10. The SMILES string of the molecule is ClCC1CCC(Cl)NC1. The third-order valence-electron chi connectivity index (χ3n) is 1.67. The molecule has 2 atom stereocenters. The molecule has 1 fully saturated rings. The molecule has 1 saturated heterocycles. The Balaban J connectivity index is 2.18. The fourth-order valence-corrected chi connectivity index (χ4v) is 1.49. The van der Waals surface area contributed by atoms with Crippen molar-refractivity contribution in [2.45, 2.75) is 18.3 Å². The van der Waals surface area contributed by atoms with Gasteiger partial charge >= 0.3 is 0 Å². The van der Waals surface area contributed by atoms with Crippen LogP contribution in [0.4, 0.5) is 0 Å². The summed E-state index contributed by atoms with van der Waals surface area (Å²) in [5.41, 5.74) is 0.185. The number of alkyl halides is 2. The Bertz CT molecular complexity index is 79.1. The summed E-state index contributed by atoms with van der Waals surface area (Å²) in [5.74, 6) is 1.40. The van der Waals surface area contributed by atoms with E-state index in [9.17, 15) is 0 Å². The predicted octanol–water partition coefficient (Wildman–Crippen LogP) is 1.79. The molecule has 9 heavy (non-hydrogen) atoms. The Morgan fingerprint density at radius 2 is 2.22 bits per heavy atom. The summed E-state index contributed by atoms with van der Waals surface area (Å²) in [4.78, 5) is 0. The maximum atomic E-state index is 5.78. The van der Waals surface area contributed by atoms with Crippen molar-refractivity contribution in [3.8, 4) is 0 Å². The highest BCUT2D eigenvalue weighted by atomic mass is 35.5. The number of nitrogens with one attached hydrogen (secondary N) is 1. The first-order valence-corrected chi connectivity index (χ1v) is 4.23. The first-order valence-electron chi connectivity index (χ1n) is 3.26. The molecule has 1 aliphatic heterocycles. The summed E-state index contributed by atoms with van der Waals surface area (Å²) < 4.78 is 0. The van der Waals surface area contributed by atoms with E-state index in [-0.39, 0.29) is 5.50 Å². The van der Waals surface area contributed by atoms with Gasteiger partial charge < -0.3 is 5.32 Å². The molecule has 0 saturated carbocycles. The molecule has 1 aliphatic rings. The molecule has 0 aliphatic carbocycles. The van der Waals surface area contributed by atoms with Gasteiger partial charge in [0, 0.05) is 12.4 Å². The normalized spacial score (nSPS) is 36.7. The summed E-state index contributed by atoms with van der Waals surface area (Å²) in [6.45, 7) is 0.984. The highest BCUT2D eigenvalue weighted by Crippen LogP contribution is 2.16. The van der Waals surface area contributed by atoms with Crippen LogP contribution in [0.25, 0.3) is 0 Å². The van der Waals surface area contributed by atoms with Crippen molar-refractivity contribution < 1.29 is 0 Å². The molecule has 3 heteroatoms. The lowest BCUT2D eigenvalue weighted by Gasteiger charge is -2.24. The second kappa shape index (κ2) is 3.65. The maximum absolute atomic E-state index is 5.78. The predicted molar refractivity (Wildman–Crippen MR) is 41.1 cm³/mol. The third kappa shape index (κ3) is 2.32. The van der Waals surface area contributed by atoms with E-state index in [0.717, 1.165) is 18.8 Å². The molecule has 0 aromatic rings. The van der Waals surface area contributed by atoms with Crippen LogP contribution in [0.1, 0.15) is 12.8 Å². The number of hydrogen-bond donors (Lipinski definition) is 1. The lowest BCUT2D eigenvalue weighted by atomic mass is 10.0. The zero-order valence-electron chi connectivity index (χ0n) is 5.24. The molecule has 0 amide bonds. The molecule has 0 aromatic heterocycles. The molecule has 54 valence electrons. The molecule has 2 unspecified atom stereocenters. The van der Waals surface area contributed by atoms with Gasteiger partial charge in [-0.2, -0.15) is 0 Å². The maximum Gasteiger partial charge on any atom is 0.0825 e. The Hall–Kier alpha value is 0.540. The van der Waals surface area contributed by atoms with Crippen LogP contribution in [0.3, 0.4) is 0 Å². The van der Waals surface area contributed by atoms with Crippen LogP contribution in [0.5, 0.6) is 0 Å². The Morgan fingerprint density at radius 1 is 1.44 bits per heavy atom. The number of piperidine rings is 1. The largest absolute Gasteiger partial charge is 0.301 e. The summed E-state index contributed by atoms with van der Waals surface area (Å²) >= 11 is 11.4. The van der Waals surface area contributed by atoms with Crippen LogP contribution >= 0.6 is 23.2 Å². The highest BCUT2D eigenvalue weighted by Gasteiger charge is 2.16. The zero-order valence-corrected chi connectivity index (χ0v) is 6.75. The summed E-state index contributed by atoms with van der Waals surface area (Å²) in [7, 11) is 0. The van der Waals surface area contributed by atoms with Gasteiger partial charge in [-0.05, 0) is 18.8 Å². The Labute approximate surface area is 65.7 Å². The monoisotopic (exact) mass is 167 g/mol. The lowest BCUT2D eigenvalue weighted by Crippen LogP contribution is -2.35. The van der Waals surface area contributed by atoms with Crippen LogP contribution in [0.2, 0.25) is 0 Å². The van der Waals surface area contributed by atoms with E-state index in [4.69, 9.17) is 23.2 Å². The zero-order chi connectivity index (χ0) is 6.69. The van der Waals surface area contributed by atoms with E-state index in [1.807, 2.05) is 0 Å². The second-order valence-electron chi connectivity index (χ2n) is 2.47. The quantitative estimate of drug-likeness (QED) is 0.465. The standard InChI is InChI=1S/C6H11Cl2N/c7-3-5-1-2-6(8)9-4-5/h5-6,9H,1-4H2. The lowest BCUT2D eigenvalue weighted by molar-refractivity contribution is 0.386. The van der Waals surface area contributed by atoms with Crippen molar-refractivity contribution in [1.29, 1.82) is 0 Å². The topological polar surface area (TPSA) is 12.0 Å². The van der Waals surface area contributed by atoms with Gasteiger partial charge in [-0.25, -0.2) is 0 Å². The first kappa shape index (κ1) is 7.64. The average Bonchev–Trinajstić information content (AvgIpc) is 1.90. The minimum Gasteiger partial charge on any atom is -0.301 e. The van der Waals surface area contributed by atoms with Gasteiger partial charge in [-0.1, -0.05) is 0 Å². The van der Waals surface area contributed by atoms with E-state index in [1.165, 1.54) is 6.42 Å². The molecule has 0 bridgehead atoms. The van der Waals surface area contributed by atoms with Crippen LogP contribution < -0.4 is 5.32 Å². The van der Waals surface area contributed by atoms with E-state index < -0.39 is 0 Å². The van der Waals surface area contributed by atoms with Gasteiger partial charge in [0.25, 0.3) is 0 Å². The fraction of sp³-hybridized carbons (Fsp3) is 1.00. The number of halogens is 2. The molecule has 1 nitrogen and oxygen atoms in total. The van der Waals surface area contributed by atoms with Gasteiger partial charge in [0.15, 0.2) is 0 Å². The van der Waals surface area contributed by atoms with E-state index >= 15 is 0 Å². The number of hydrogen-bond acceptors (Lipinski definition) is 1. The van der Waals surface area contributed by atoms with E-state index in [1.54, 1.807) is 0 Å². The van der Waals surface area contributed by atoms with E-state index in [0.29, 0.717) is 5.92 Å². The second-order valence-corrected chi connectivity index (χ2v) is 3.31. The average molecular weight is 168 g/mol. The number of rotatable bonds is 1. The molecule has 1 heterocycles. The van der Waals surface area contributed by atoms with Crippen LogP contribution in [-0.2, 0) is 0 Å². The van der Waals surface area contributed by atoms with Gasteiger partial charge in [0.05, 0.1) is 5.50 Å². The molecular formula is C6H11Cl2N. The van der Waals surface area contributed by atoms with Crippen molar-refractivity contribution >= 4 is 23.2 Å². The van der Waals surface area contributed by atoms with E-state index in [2.05, 4.69) is 5.32 Å². The van der Waals surface area contributed by atoms with Gasteiger partial charge in [-0.3, -0.25) is 0 Å². The van der Waals surface area contributed by atoms with Crippen molar-refractivity contribution in [3.05, 3.63) is 0 Å². The summed E-state index contributed by atoms with van der Waals surface area (Å²) in [6, 6.07) is 0. The minimum absolute atomic E-state index is 0.185. The molecule has 1 rings (SSSR count). The minimum atomic E-state index is 0.185.